The van der Waals surface area contributed by atoms with Gasteiger partial charge >= 0.3 is 0 Å². The fourth-order valence-electron chi connectivity index (χ4n) is 2.81. The number of aromatic hydroxyl groups is 1. The minimum Gasteiger partial charge on any atom is -0.511 e. The number of benzene rings is 1. The summed E-state index contributed by atoms with van der Waals surface area (Å²) in [7, 11) is 0. The molecule has 1 unspecified atom stereocenters. The second kappa shape index (κ2) is 9.93. The van der Waals surface area contributed by atoms with Crippen LogP contribution >= 0.6 is 11.8 Å². The van der Waals surface area contributed by atoms with Gasteiger partial charge in [-0.1, -0.05) is 56.9 Å². The number of aliphatic hydroxyl groups excluding tert-OH is 1. The van der Waals surface area contributed by atoms with Crippen LogP contribution in [0.4, 0.5) is 0 Å². The van der Waals surface area contributed by atoms with Gasteiger partial charge in [-0.05, 0) is 31.6 Å². The normalized spacial score (nSPS) is 19.8. The zero-order valence-electron chi connectivity index (χ0n) is 15.7. The summed E-state index contributed by atoms with van der Waals surface area (Å²) in [5, 5.41) is 29.9. The highest BCUT2D eigenvalue weighted by atomic mass is 32.2. The fraction of sp³-hybridized carbons (Fsp3) is 0.524. The summed E-state index contributed by atoms with van der Waals surface area (Å²) in [5.41, 5.74) is -1.01. The number of phenols is 1. The van der Waals surface area contributed by atoms with E-state index in [1.54, 1.807) is 37.3 Å². The lowest BCUT2D eigenvalue weighted by Gasteiger charge is -2.24. The van der Waals surface area contributed by atoms with Gasteiger partial charge in [-0.3, -0.25) is 0 Å². The van der Waals surface area contributed by atoms with Gasteiger partial charge < -0.3 is 20.1 Å². The molecule has 3 N–H and O–H groups in total. The molecule has 1 aliphatic carbocycles. The van der Waals surface area contributed by atoms with Crippen LogP contribution in [0.25, 0.3) is 0 Å². The zero-order valence-corrected chi connectivity index (χ0v) is 16.5. The number of allylic oxidation sites excluding steroid dienone is 1. The van der Waals surface area contributed by atoms with Crippen LogP contribution < -0.4 is 4.74 Å². The first-order chi connectivity index (χ1) is 12.4. The van der Waals surface area contributed by atoms with Crippen LogP contribution in [0.15, 0.2) is 45.9 Å². The van der Waals surface area contributed by atoms with Gasteiger partial charge in [0, 0.05) is 17.4 Å². The molecule has 0 radical (unpaired) electrons. The van der Waals surface area contributed by atoms with Gasteiger partial charge in [-0.25, -0.2) is 0 Å². The molecule has 1 aromatic rings. The zero-order chi connectivity index (χ0) is 19.0. The number of hydrogen-bond donors (Lipinski definition) is 3. The van der Waals surface area contributed by atoms with Gasteiger partial charge in [0.15, 0.2) is 0 Å². The van der Waals surface area contributed by atoms with Crippen LogP contribution in [0.3, 0.4) is 0 Å². The summed E-state index contributed by atoms with van der Waals surface area (Å²) in [5.74, 6) is 0.944. The van der Waals surface area contributed by atoms with Crippen LogP contribution in [0, 0.1) is 0 Å². The van der Waals surface area contributed by atoms with E-state index in [2.05, 4.69) is 6.92 Å². The number of rotatable bonds is 10. The third kappa shape index (κ3) is 6.61. The Morgan fingerprint density at radius 3 is 2.58 bits per heavy atom. The van der Waals surface area contributed by atoms with Crippen LogP contribution in [0.2, 0.25) is 0 Å². The quantitative estimate of drug-likeness (QED) is 0.455. The van der Waals surface area contributed by atoms with Gasteiger partial charge in [0.1, 0.15) is 17.3 Å². The van der Waals surface area contributed by atoms with Crippen molar-refractivity contribution in [3.63, 3.8) is 0 Å². The third-order valence-electron chi connectivity index (χ3n) is 4.31. The van der Waals surface area contributed by atoms with E-state index >= 15 is 0 Å². The predicted octanol–water partition coefficient (Wildman–Crippen LogP) is 5.70. The largest absolute Gasteiger partial charge is 0.511 e. The Kier molecular flexibility index (Phi) is 7.91. The number of ether oxygens (including phenoxy) is 1. The van der Waals surface area contributed by atoms with E-state index in [0.29, 0.717) is 17.3 Å². The number of phenolic OH excluding ortho intramolecular Hbond substituents is 1. The highest BCUT2D eigenvalue weighted by molar-refractivity contribution is 8.03. The molecular formula is C21H30O4S. The summed E-state index contributed by atoms with van der Waals surface area (Å²) >= 11 is 1.38. The van der Waals surface area contributed by atoms with Crippen molar-refractivity contribution >= 4 is 11.8 Å². The first-order valence-corrected chi connectivity index (χ1v) is 10.2. The molecule has 0 spiro atoms. The second-order valence-electron chi connectivity index (χ2n) is 7.03. The van der Waals surface area contributed by atoms with E-state index in [9.17, 15) is 15.3 Å². The maximum Gasteiger partial charge on any atom is 0.136 e. The van der Waals surface area contributed by atoms with E-state index < -0.39 is 5.60 Å². The fourth-order valence-corrected chi connectivity index (χ4v) is 3.72. The van der Waals surface area contributed by atoms with Gasteiger partial charge in [0.05, 0.1) is 17.1 Å². The first kappa shape index (κ1) is 20.7. The lowest BCUT2D eigenvalue weighted by atomic mass is 9.97. The Morgan fingerprint density at radius 2 is 1.85 bits per heavy atom. The van der Waals surface area contributed by atoms with Crippen molar-refractivity contribution in [2.24, 2.45) is 0 Å². The molecule has 0 fully saturated rings. The molecule has 1 aliphatic rings. The Bertz CT molecular complexity index is 649. The Balaban J connectivity index is 1.94. The molecule has 5 heteroatoms. The molecule has 0 saturated carbocycles. The van der Waals surface area contributed by atoms with Crippen molar-refractivity contribution in [3.8, 4) is 11.5 Å². The Hall–Kier alpha value is -1.59. The van der Waals surface area contributed by atoms with Crippen LogP contribution in [-0.4, -0.2) is 27.5 Å². The molecule has 4 nitrogen and oxygen atoms in total. The molecule has 1 atom stereocenters. The summed E-state index contributed by atoms with van der Waals surface area (Å²) < 4.78 is 5.88. The molecular weight excluding hydrogens is 348 g/mol. The SMILES string of the molecule is CCCCCCCCOc1cc(O)ccc1SC1=C(O)CC(C)(O)C=C1. The topological polar surface area (TPSA) is 69.9 Å². The number of hydrogen-bond acceptors (Lipinski definition) is 5. The highest BCUT2D eigenvalue weighted by Gasteiger charge is 2.25. The van der Waals surface area contributed by atoms with E-state index in [1.165, 1.54) is 37.4 Å². The van der Waals surface area contributed by atoms with Crippen LogP contribution in [-0.2, 0) is 0 Å². The van der Waals surface area contributed by atoms with Crippen LogP contribution in [0.5, 0.6) is 11.5 Å². The van der Waals surface area contributed by atoms with Crippen molar-refractivity contribution in [1.29, 1.82) is 0 Å². The van der Waals surface area contributed by atoms with Crippen molar-refractivity contribution in [2.45, 2.75) is 69.3 Å². The molecule has 0 aliphatic heterocycles. The molecule has 2 rings (SSSR count). The van der Waals surface area contributed by atoms with Crippen molar-refractivity contribution in [3.05, 3.63) is 41.0 Å². The average Bonchev–Trinajstić information content (AvgIpc) is 2.58. The summed E-state index contributed by atoms with van der Waals surface area (Å²) in [4.78, 5) is 1.52. The van der Waals surface area contributed by atoms with Crippen LogP contribution in [0.1, 0.15) is 58.8 Å². The summed E-state index contributed by atoms with van der Waals surface area (Å²) in [6, 6.07) is 5.01. The predicted molar refractivity (Wildman–Crippen MR) is 107 cm³/mol. The molecule has 144 valence electrons. The minimum atomic E-state index is -1.01. The number of unbranched alkanes of at least 4 members (excludes halogenated alkanes) is 5. The maximum atomic E-state index is 10.2. The summed E-state index contributed by atoms with van der Waals surface area (Å²) in [6.07, 6.45) is 10.8. The van der Waals surface area contributed by atoms with Crippen molar-refractivity contribution in [1.82, 2.24) is 0 Å². The van der Waals surface area contributed by atoms with E-state index in [1.807, 2.05) is 0 Å². The lowest BCUT2D eigenvalue weighted by Crippen LogP contribution is -2.24. The monoisotopic (exact) mass is 378 g/mol. The van der Waals surface area contributed by atoms with Gasteiger partial charge in [0.25, 0.3) is 0 Å². The molecule has 1 aromatic carbocycles. The van der Waals surface area contributed by atoms with Gasteiger partial charge in [0.2, 0.25) is 0 Å². The van der Waals surface area contributed by atoms with Gasteiger partial charge in [-0.15, -0.1) is 0 Å². The maximum absolute atomic E-state index is 10.2. The highest BCUT2D eigenvalue weighted by Crippen LogP contribution is 2.41. The average molecular weight is 379 g/mol. The first-order valence-electron chi connectivity index (χ1n) is 9.38. The van der Waals surface area contributed by atoms with Crippen molar-refractivity contribution in [2.75, 3.05) is 6.61 Å². The van der Waals surface area contributed by atoms with E-state index in [4.69, 9.17) is 4.74 Å². The minimum absolute atomic E-state index is 0.160. The summed E-state index contributed by atoms with van der Waals surface area (Å²) in [6.45, 7) is 4.48. The second-order valence-corrected chi connectivity index (χ2v) is 8.11. The third-order valence-corrected chi connectivity index (χ3v) is 5.45. The van der Waals surface area contributed by atoms with Gasteiger partial charge in [-0.2, -0.15) is 0 Å². The molecule has 0 bridgehead atoms. The molecule has 0 aromatic heterocycles. The molecule has 0 amide bonds. The molecule has 0 saturated heterocycles. The Labute approximate surface area is 160 Å². The number of thioether (sulfide) groups is 1. The Morgan fingerprint density at radius 1 is 1.12 bits per heavy atom. The molecule has 26 heavy (non-hydrogen) atoms. The number of aliphatic hydroxyl groups is 2. The van der Waals surface area contributed by atoms with Crippen molar-refractivity contribution < 1.29 is 20.1 Å². The van der Waals surface area contributed by atoms with E-state index in [-0.39, 0.29) is 17.9 Å². The molecule has 0 heterocycles. The lowest BCUT2D eigenvalue weighted by molar-refractivity contribution is 0.0963. The standard InChI is InChI=1S/C21H30O4S/c1-3-4-5-6-7-8-13-25-18-14-16(22)9-10-20(18)26-19-11-12-21(2,24)15-17(19)23/h9-12,14,22-24H,3-8,13,15H2,1-2H3. The smallest absolute Gasteiger partial charge is 0.136 e. The van der Waals surface area contributed by atoms with E-state index in [0.717, 1.165) is 17.7 Å².